The van der Waals surface area contributed by atoms with Gasteiger partial charge in [0.2, 0.25) is 5.71 Å². The van der Waals surface area contributed by atoms with Crippen LogP contribution in [-0.4, -0.2) is 39.4 Å². The lowest BCUT2D eigenvalue weighted by atomic mass is 9.95. The molecule has 0 radical (unpaired) electrons. The second kappa shape index (κ2) is 9.38. The lowest BCUT2D eigenvalue weighted by Crippen LogP contribution is -2.23. The number of anilines is 2. The van der Waals surface area contributed by atoms with Gasteiger partial charge in [0, 0.05) is 10.6 Å². The summed E-state index contributed by atoms with van der Waals surface area (Å²) in [6.07, 6.45) is 3.62. The highest BCUT2D eigenvalue weighted by atomic mass is 32.1. The maximum Gasteiger partial charge on any atom is 0.341 e. The molecule has 1 aliphatic rings. The monoisotopic (exact) mass is 465 g/mol. The van der Waals surface area contributed by atoms with E-state index in [1.54, 1.807) is 13.0 Å². The summed E-state index contributed by atoms with van der Waals surface area (Å²) >= 11 is 1.35. The molecule has 0 unspecified atom stereocenters. The standard InChI is InChI=1S/C22H23N7O3S/c1-4-32-22(31)17-13-7-5-6-8-15(13)33-21(17)25-20(30)14(10-23)26-28-19-16-11(2)9-12(3)24-18(16)27-29-19/h9H,4-8H2,1-3H3,(H,25,30)(H2,24,27,28,29)/b26-14-. The third-order valence-corrected chi connectivity index (χ3v) is 6.53. The number of esters is 1. The number of amides is 1. The number of aromatic amines is 1. The van der Waals surface area contributed by atoms with Crippen molar-refractivity contribution in [1.82, 2.24) is 15.2 Å². The van der Waals surface area contributed by atoms with E-state index in [1.807, 2.05) is 19.9 Å². The van der Waals surface area contributed by atoms with Crippen LogP contribution in [0.25, 0.3) is 11.0 Å². The number of hydrogen-bond acceptors (Lipinski definition) is 9. The van der Waals surface area contributed by atoms with E-state index in [0.29, 0.717) is 22.0 Å². The quantitative estimate of drug-likeness (QED) is 0.286. The van der Waals surface area contributed by atoms with Crippen LogP contribution < -0.4 is 10.7 Å². The highest BCUT2D eigenvalue weighted by Crippen LogP contribution is 2.38. The van der Waals surface area contributed by atoms with Crippen molar-refractivity contribution >= 4 is 50.8 Å². The number of aromatic nitrogens is 3. The zero-order valence-electron chi connectivity index (χ0n) is 18.5. The highest BCUT2D eigenvalue weighted by molar-refractivity contribution is 7.17. The number of H-pyrrole nitrogens is 1. The Hall–Kier alpha value is -3.78. The molecule has 170 valence electrons. The first-order valence-corrected chi connectivity index (χ1v) is 11.4. The van der Waals surface area contributed by atoms with Crippen molar-refractivity contribution in [1.29, 1.82) is 5.26 Å². The first-order chi connectivity index (χ1) is 15.9. The van der Waals surface area contributed by atoms with Gasteiger partial charge in [0.25, 0.3) is 5.91 Å². The number of hydrogen-bond donors (Lipinski definition) is 3. The van der Waals surface area contributed by atoms with Crippen molar-refractivity contribution in [2.75, 3.05) is 17.3 Å². The van der Waals surface area contributed by atoms with Gasteiger partial charge in [0.15, 0.2) is 11.5 Å². The molecule has 3 aromatic heterocycles. The molecule has 0 spiro atoms. The molecule has 3 heterocycles. The lowest BCUT2D eigenvalue weighted by Gasteiger charge is -2.12. The van der Waals surface area contributed by atoms with Crippen LogP contribution in [-0.2, 0) is 22.4 Å². The summed E-state index contributed by atoms with van der Waals surface area (Å²) in [5.74, 6) is -0.763. The molecular formula is C22H23N7O3S. The van der Waals surface area contributed by atoms with Crippen molar-refractivity contribution in [3.63, 3.8) is 0 Å². The molecule has 1 amide bonds. The van der Waals surface area contributed by atoms with Gasteiger partial charge in [0.1, 0.15) is 11.1 Å². The van der Waals surface area contributed by atoms with Crippen molar-refractivity contribution in [2.45, 2.75) is 46.5 Å². The van der Waals surface area contributed by atoms with Crippen LogP contribution in [0.2, 0.25) is 0 Å². The lowest BCUT2D eigenvalue weighted by molar-refractivity contribution is -0.110. The minimum Gasteiger partial charge on any atom is -0.462 e. The summed E-state index contributed by atoms with van der Waals surface area (Å²) in [7, 11) is 0. The maximum absolute atomic E-state index is 12.8. The Morgan fingerprint density at radius 3 is 2.88 bits per heavy atom. The Labute approximate surface area is 194 Å². The van der Waals surface area contributed by atoms with Crippen molar-refractivity contribution in [2.24, 2.45) is 5.10 Å². The van der Waals surface area contributed by atoms with E-state index >= 15 is 0 Å². The third kappa shape index (κ3) is 4.42. The first-order valence-electron chi connectivity index (χ1n) is 10.6. The molecule has 0 fully saturated rings. The van der Waals surface area contributed by atoms with E-state index in [9.17, 15) is 14.9 Å². The molecule has 0 bridgehead atoms. The number of carbonyl (C=O) groups is 2. The minimum atomic E-state index is -0.719. The average Bonchev–Trinajstić information content (AvgIpc) is 3.35. The minimum absolute atomic E-state index is 0.234. The van der Waals surface area contributed by atoms with Gasteiger partial charge in [-0.25, -0.2) is 9.78 Å². The Kier molecular flexibility index (Phi) is 6.37. The van der Waals surface area contributed by atoms with Crippen LogP contribution in [0.5, 0.6) is 0 Å². The van der Waals surface area contributed by atoms with E-state index in [1.165, 1.54) is 11.3 Å². The Balaban J connectivity index is 1.59. The zero-order chi connectivity index (χ0) is 23.5. The summed E-state index contributed by atoms with van der Waals surface area (Å²) in [5, 5.41) is 24.2. The molecule has 0 aliphatic heterocycles. The molecule has 1 aliphatic carbocycles. The van der Waals surface area contributed by atoms with Crippen LogP contribution in [0.15, 0.2) is 11.2 Å². The van der Waals surface area contributed by atoms with Gasteiger partial charge in [0.05, 0.1) is 17.6 Å². The summed E-state index contributed by atoms with van der Waals surface area (Å²) in [6.45, 7) is 5.75. The highest BCUT2D eigenvalue weighted by Gasteiger charge is 2.28. The number of nitrogens with zero attached hydrogens (tertiary/aromatic N) is 4. The molecule has 33 heavy (non-hydrogen) atoms. The van der Waals surface area contributed by atoms with Crippen LogP contribution in [0.4, 0.5) is 10.8 Å². The van der Waals surface area contributed by atoms with E-state index < -0.39 is 17.6 Å². The number of nitrogens with one attached hydrogen (secondary N) is 3. The van der Waals surface area contributed by atoms with Crippen LogP contribution in [0.1, 0.15) is 51.8 Å². The van der Waals surface area contributed by atoms with Gasteiger partial charge >= 0.3 is 5.97 Å². The van der Waals surface area contributed by atoms with Gasteiger partial charge in [-0.15, -0.1) is 11.3 Å². The number of thiophene rings is 1. The van der Waals surface area contributed by atoms with Crippen molar-refractivity contribution in [3.8, 4) is 6.07 Å². The molecule has 0 atom stereocenters. The molecule has 0 saturated carbocycles. The number of nitriles is 1. The molecule has 11 heteroatoms. The molecule has 3 aromatic rings. The first kappa shape index (κ1) is 22.4. The fraction of sp³-hybridized carbons (Fsp3) is 0.364. The summed E-state index contributed by atoms with van der Waals surface area (Å²) in [4.78, 5) is 30.8. The van der Waals surface area contributed by atoms with Gasteiger partial charge in [-0.2, -0.15) is 15.5 Å². The van der Waals surface area contributed by atoms with Crippen LogP contribution in [0.3, 0.4) is 0 Å². The largest absolute Gasteiger partial charge is 0.462 e. The summed E-state index contributed by atoms with van der Waals surface area (Å²) in [6, 6.07) is 3.71. The Morgan fingerprint density at radius 2 is 2.12 bits per heavy atom. The van der Waals surface area contributed by atoms with E-state index in [2.05, 4.69) is 31.0 Å². The van der Waals surface area contributed by atoms with E-state index in [4.69, 9.17) is 4.74 Å². The normalized spacial score (nSPS) is 13.3. The molecule has 4 rings (SSSR count). The Bertz CT molecular complexity index is 1320. The van der Waals surface area contributed by atoms with E-state index in [0.717, 1.165) is 52.8 Å². The number of rotatable bonds is 6. The van der Waals surface area contributed by atoms with E-state index in [-0.39, 0.29) is 6.61 Å². The van der Waals surface area contributed by atoms with Crippen LogP contribution in [0, 0.1) is 25.2 Å². The number of carbonyl (C=O) groups excluding carboxylic acids is 2. The summed E-state index contributed by atoms with van der Waals surface area (Å²) in [5.41, 5.74) is 5.89. The van der Waals surface area contributed by atoms with Crippen LogP contribution >= 0.6 is 11.3 Å². The number of hydrazone groups is 1. The second-order valence-corrected chi connectivity index (χ2v) is 8.76. The second-order valence-electron chi connectivity index (χ2n) is 7.65. The Morgan fingerprint density at radius 1 is 1.33 bits per heavy atom. The van der Waals surface area contributed by atoms with Crippen molar-refractivity contribution < 1.29 is 14.3 Å². The predicted octanol–water partition coefficient (Wildman–Crippen LogP) is 3.62. The van der Waals surface area contributed by atoms with Gasteiger partial charge in [-0.05, 0) is 63.6 Å². The predicted molar refractivity (Wildman–Crippen MR) is 126 cm³/mol. The van der Waals surface area contributed by atoms with Gasteiger partial charge < -0.3 is 10.1 Å². The fourth-order valence-corrected chi connectivity index (χ4v) is 5.20. The average molecular weight is 466 g/mol. The van der Waals surface area contributed by atoms with Gasteiger partial charge in [-0.1, -0.05) is 0 Å². The molecule has 0 saturated heterocycles. The smallest absolute Gasteiger partial charge is 0.341 e. The maximum atomic E-state index is 12.8. The number of ether oxygens (including phenoxy) is 1. The third-order valence-electron chi connectivity index (χ3n) is 5.33. The fourth-order valence-electron chi connectivity index (χ4n) is 3.93. The molecular weight excluding hydrogens is 442 g/mol. The molecule has 10 nitrogen and oxygen atoms in total. The molecule has 3 N–H and O–H groups in total. The number of aryl methyl sites for hydroxylation is 3. The van der Waals surface area contributed by atoms with Gasteiger partial charge in [-0.3, -0.25) is 15.3 Å². The topological polar surface area (TPSA) is 145 Å². The number of fused-ring (bicyclic) bond motifs is 2. The molecule has 0 aromatic carbocycles. The zero-order valence-corrected chi connectivity index (χ0v) is 19.4. The summed E-state index contributed by atoms with van der Waals surface area (Å²) < 4.78 is 5.21. The SMILES string of the molecule is CCOC(=O)c1c(NC(=O)/C(C#N)=N\Nc2[nH]nc3nc(C)cc(C)c23)sc2c1CCCC2. The van der Waals surface area contributed by atoms with Crippen molar-refractivity contribution in [3.05, 3.63) is 33.3 Å². The number of pyridine rings is 1.